The fraction of sp³-hybridized carbons (Fsp3) is 0.444. The Balaban J connectivity index is 1.59. The highest BCUT2D eigenvalue weighted by Crippen LogP contribution is 2.54. The Labute approximate surface area is 194 Å². The molecule has 1 saturated heterocycles. The lowest BCUT2D eigenvalue weighted by molar-refractivity contribution is -0.148. The molecule has 1 saturated carbocycles. The van der Waals surface area contributed by atoms with Crippen molar-refractivity contribution < 1.29 is 19.1 Å². The van der Waals surface area contributed by atoms with Crippen LogP contribution in [0.4, 0.5) is 5.69 Å². The van der Waals surface area contributed by atoms with E-state index in [2.05, 4.69) is 0 Å². The van der Waals surface area contributed by atoms with Crippen molar-refractivity contribution in [2.75, 3.05) is 24.6 Å². The van der Waals surface area contributed by atoms with Gasteiger partial charge in [-0.25, -0.2) is 0 Å². The molecular formula is C27H30N2O4. The lowest BCUT2D eigenvalue weighted by Crippen LogP contribution is -2.62. The summed E-state index contributed by atoms with van der Waals surface area (Å²) in [7, 11) is 0. The van der Waals surface area contributed by atoms with Crippen molar-refractivity contribution >= 4 is 23.5 Å². The predicted octanol–water partition coefficient (Wildman–Crippen LogP) is 3.55. The quantitative estimate of drug-likeness (QED) is 0.637. The standard InChI is InChI=1S/C27H30N2O4/c1-3-33-25(31)21-17-29(23(30)15-18-9-5-4-6-10-18)27(2)24(21)20-11-7-8-12-22(20)28(26(27)32)16-19-13-14-19/h4-12,19,21,24H,3,13-17H2,1-2H3/t21-,24+,27-/m0/s1. The van der Waals surface area contributed by atoms with Crippen LogP contribution in [0.2, 0.25) is 0 Å². The van der Waals surface area contributed by atoms with E-state index >= 15 is 0 Å². The minimum atomic E-state index is -1.13. The van der Waals surface area contributed by atoms with Crippen LogP contribution in [-0.2, 0) is 25.5 Å². The molecule has 2 heterocycles. The molecule has 6 heteroatoms. The van der Waals surface area contributed by atoms with Gasteiger partial charge >= 0.3 is 5.97 Å². The monoisotopic (exact) mass is 446 g/mol. The maximum atomic E-state index is 14.1. The first-order valence-corrected chi connectivity index (χ1v) is 11.9. The average Bonchev–Trinajstić information content (AvgIpc) is 3.58. The summed E-state index contributed by atoms with van der Waals surface area (Å²) in [5.41, 5.74) is 1.57. The van der Waals surface area contributed by atoms with Gasteiger partial charge < -0.3 is 14.5 Å². The third kappa shape index (κ3) is 3.62. The molecule has 3 atom stereocenters. The third-order valence-corrected chi connectivity index (χ3v) is 7.41. The van der Waals surface area contributed by atoms with E-state index in [1.54, 1.807) is 11.8 Å². The molecule has 2 aromatic carbocycles. The number of hydrogen-bond donors (Lipinski definition) is 0. The number of amides is 2. The first-order chi connectivity index (χ1) is 15.9. The molecular weight excluding hydrogens is 416 g/mol. The van der Waals surface area contributed by atoms with E-state index in [9.17, 15) is 14.4 Å². The van der Waals surface area contributed by atoms with Gasteiger partial charge in [-0.1, -0.05) is 48.5 Å². The summed E-state index contributed by atoms with van der Waals surface area (Å²) >= 11 is 0. The number of hydrogen-bond acceptors (Lipinski definition) is 4. The maximum Gasteiger partial charge on any atom is 0.311 e. The molecule has 2 amide bonds. The van der Waals surface area contributed by atoms with Gasteiger partial charge in [0.1, 0.15) is 5.54 Å². The van der Waals surface area contributed by atoms with Crippen LogP contribution in [0.5, 0.6) is 0 Å². The van der Waals surface area contributed by atoms with Crippen LogP contribution in [0.15, 0.2) is 54.6 Å². The van der Waals surface area contributed by atoms with Gasteiger partial charge in [0.25, 0.3) is 5.91 Å². The normalized spacial score (nSPS) is 26.1. The van der Waals surface area contributed by atoms with E-state index < -0.39 is 17.4 Å². The second-order valence-corrected chi connectivity index (χ2v) is 9.57. The van der Waals surface area contributed by atoms with Crippen LogP contribution in [0.25, 0.3) is 0 Å². The van der Waals surface area contributed by atoms with Crippen LogP contribution in [0.3, 0.4) is 0 Å². The average molecular weight is 447 g/mol. The molecule has 172 valence electrons. The lowest BCUT2D eigenvalue weighted by atomic mass is 9.72. The predicted molar refractivity (Wildman–Crippen MR) is 125 cm³/mol. The zero-order chi connectivity index (χ0) is 23.2. The summed E-state index contributed by atoms with van der Waals surface area (Å²) in [6.07, 6.45) is 2.43. The van der Waals surface area contributed by atoms with E-state index in [4.69, 9.17) is 4.74 Å². The van der Waals surface area contributed by atoms with E-state index in [1.807, 2.05) is 66.4 Å². The van der Waals surface area contributed by atoms with Gasteiger partial charge in [0.15, 0.2) is 0 Å². The fourth-order valence-corrected chi connectivity index (χ4v) is 5.62. The lowest BCUT2D eigenvalue weighted by Gasteiger charge is -2.46. The third-order valence-electron chi connectivity index (χ3n) is 7.41. The van der Waals surface area contributed by atoms with Gasteiger partial charge in [-0.05, 0) is 49.8 Å². The SMILES string of the molecule is CCOC(=O)[C@H]1CN(C(=O)Cc2ccccc2)[C@]2(C)C(=O)N(CC3CC3)c3ccccc3[C@H]12. The van der Waals surface area contributed by atoms with Crippen LogP contribution >= 0.6 is 0 Å². The van der Waals surface area contributed by atoms with Gasteiger partial charge in [0.2, 0.25) is 5.91 Å². The molecule has 2 aromatic rings. The molecule has 2 fully saturated rings. The van der Waals surface area contributed by atoms with Crippen molar-refractivity contribution in [3.63, 3.8) is 0 Å². The number of ether oxygens (including phenoxy) is 1. The number of para-hydroxylation sites is 1. The van der Waals surface area contributed by atoms with Crippen molar-refractivity contribution in [1.82, 2.24) is 4.90 Å². The Morgan fingerprint density at radius 1 is 1.06 bits per heavy atom. The number of esters is 1. The summed E-state index contributed by atoms with van der Waals surface area (Å²) in [6.45, 7) is 4.73. The topological polar surface area (TPSA) is 66.9 Å². The molecule has 0 radical (unpaired) electrons. The fourth-order valence-electron chi connectivity index (χ4n) is 5.62. The molecule has 0 unspecified atom stereocenters. The van der Waals surface area contributed by atoms with Crippen LogP contribution in [-0.4, -0.2) is 47.9 Å². The molecule has 0 spiro atoms. The largest absolute Gasteiger partial charge is 0.466 e. The van der Waals surface area contributed by atoms with Crippen molar-refractivity contribution in [3.05, 3.63) is 65.7 Å². The van der Waals surface area contributed by atoms with Gasteiger partial charge in [-0.3, -0.25) is 14.4 Å². The second-order valence-electron chi connectivity index (χ2n) is 9.57. The smallest absolute Gasteiger partial charge is 0.311 e. The molecule has 2 aliphatic heterocycles. The van der Waals surface area contributed by atoms with E-state index in [-0.39, 0.29) is 37.4 Å². The van der Waals surface area contributed by atoms with Gasteiger partial charge in [0, 0.05) is 24.7 Å². The molecule has 6 nitrogen and oxygen atoms in total. The van der Waals surface area contributed by atoms with Crippen LogP contribution < -0.4 is 4.90 Å². The first kappa shape index (κ1) is 21.7. The van der Waals surface area contributed by atoms with Crippen molar-refractivity contribution in [1.29, 1.82) is 0 Å². The molecule has 0 aromatic heterocycles. The number of benzene rings is 2. The number of carbonyl (C=O) groups is 3. The Morgan fingerprint density at radius 2 is 1.76 bits per heavy atom. The Kier molecular flexibility index (Phi) is 5.47. The van der Waals surface area contributed by atoms with Crippen LogP contribution in [0, 0.1) is 11.8 Å². The van der Waals surface area contributed by atoms with Gasteiger partial charge in [0.05, 0.1) is 18.9 Å². The summed E-state index contributed by atoms with van der Waals surface area (Å²) in [4.78, 5) is 44.3. The molecule has 5 rings (SSSR count). The maximum absolute atomic E-state index is 14.1. The molecule has 0 bridgehead atoms. The number of rotatable bonds is 6. The van der Waals surface area contributed by atoms with Crippen molar-refractivity contribution in [2.24, 2.45) is 11.8 Å². The first-order valence-electron chi connectivity index (χ1n) is 11.9. The second kappa shape index (κ2) is 8.32. The summed E-state index contributed by atoms with van der Waals surface area (Å²) in [5.74, 6) is -1.09. The van der Waals surface area contributed by atoms with Crippen molar-refractivity contribution in [2.45, 2.75) is 44.6 Å². The minimum absolute atomic E-state index is 0.0914. The highest BCUT2D eigenvalue weighted by atomic mass is 16.5. The number of carbonyl (C=O) groups excluding carboxylic acids is 3. The number of likely N-dealkylation sites (tertiary alicyclic amines) is 1. The molecule has 33 heavy (non-hydrogen) atoms. The number of anilines is 1. The van der Waals surface area contributed by atoms with E-state index in [1.165, 1.54) is 0 Å². The Morgan fingerprint density at radius 3 is 2.45 bits per heavy atom. The van der Waals surface area contributed by atoms with E-state index in [0.29, 0.717) is 12.5 Å². The zero-order valence-electron chi connectivity index (χ0n) is 19.2. The molecule has 0 N–H and O–H groups in total. The Hall–Kier alpha value is -3.15. The van der Waals surface area contributed by atoms with E-state index in [0.717, 1.165) is 29.7 Å². The molecule has 1 aliphatic carbocycles. The number of fused-ring (bicyclic) bond motifs is 3. The highest BCUT2D eigenvalue weighted by molar-refractivity contribution is 6.07. The summed E-state index contributed by atoms with van der Waals surface area (Å²) in [5, 5.41) is 0. The van der Waals surface area contributed by atoms with Crippen LogP contribution in [0.1, 0.15) is 43.7 Å². The van der Waals surface area contributed by atoms with Gasteiger partial charge in [-0.15, -0.1) is 0 Å². The molecule has 3 aliphatic rings. The van der Waals surface area contributed by atoms with Crippen molar-refractivity contribution in [3.8, 4) is 0 Å². The van der Waals surface area contributed by atoms with Gasteiger partial charge in [-0.2, -0.15) is 0 Å². The summed E-state index contributed by atoms with van der Waals surface area (Å²) < 4.78 is 5.42. The zero-order valence-corrected chi connectivity index (χ0v) is 19.2. The Bertz CT molecular complexity index is 1080. The summed E-state index contributed by atoms with van der Waals surface area (Å²) in [6, 6.07) is 17.4. The highest BCUT2D eigenvalue weighted by Gasteiger charge is 2.63. The number of nitrogens with zero attached hydrogens (tertiary/aromatic N) is 2. The minimum Gasteiger partial charge on any atom is -0.466 e.